The Morgan fingerprint density at radius 3 is 2.38 bits per heavy atom. The topological polar surface area (TPSA) is 30.9 Å². The third kappa shape index (κ3) is 3.52. The van der Waals surface area contributed by atoms with Gasteiger partial charge in [0.1, 0.15) is 6.61 Å². The second-order valence-electron chi connectivity index (χ2n) is 6.61. The second-order valence-corrected chi connectivity index (χ2v) is 6.61. The highest BCUT2D eigenvalue weighted by molar-refractivity contribution is 5.52. The molecule has 0 unspecified atom stereocenters. The SMILES string of the molecule is Fc1cc(N2CCC3(CC2)OCCO3)cc(OCc2ccccc2)c1F. The van der Waals surface area contributed by atoms with E-state index in [0.717, 1.165) is 5.56 Å². The van der Waals surface area contributed by atoms with E-state index >= 15 is 0 Å². The van der Waals surface area contributed by atoms with Crippen molar-refractivity contribution >= 4 is 5.69 Å². The number of rotatable bonds is 4. The standard InChI is InChI=1S/C20H21F2NO3/c21-17-12-16(23-8-6-20(7-9-23)25-10-11-26-20)13-18(19(17)22)24-14-15-4-2-1-3-5-15/h1-5,12-13H,6-11,14H2. The van der Waals surface area contributed by atoms with Crippen LogP contribution in [0.3, 0.4) is 0 Å². The summed E-state index contributed by atoms with van der Waals surface area (Å²) < 4.78 is 45.2. The van der Waals surface area contributed by atoms with Crippen LogP contribution in [0.25, 0.3) is 0 Å². The van der Waals surface area contributed by atoms with Gasteiger partial charge in [-0.3, -0.25) is 0 Å². The molecule has 0 aromatic heterocycles. The highest BCUT2D eigenvalue weighted by atomic mass is 19.2. The molecule has 1 spiro atoms. The molecule has 138 valence electrons. The molecule has 26 heavy (non-hydrogen) atoms. The Hall–Kier alpha value is -2.18. The first-order valence-electron chi connectivity index (χ1n) is 8.84. The Morgan fingerprint density at radius 1 is 1.00 bits per heavy atom. The molecule has 0 bridgehead atoms. The maximum atomic E-state index is 14.1. The van der Waals surface area contributed by atoms with Crippen molar-refractivity contribution in [2.75, 3.05) is 31.2 Å². The number of anilines is 1. The number of hydrogen-bond donors (Lipinski definition) is 0. The molecule has 0 amide bonds. The van der Waals surface area contributed by atoms with Crippen LogP contribution < -0.4 is 9.64 Å². The first kappa shape index (κ1) is 17.2. The highest BCUT2D eigenvalue weighted by Gasteiger charge is 2.40. The van der Waals surface area contributed by atoms with E-state index < -0.39 is 17.4 Å². The lowest BCUT2D eigenvalue weighted by Crippen LogP contribution is -2.45. The molecule has 0 radical (unpaired) electrons. The first-order chi connectivity index (χ1) is 12.7. The van der Waals surface area contributed by atoms with Gasteiger partial charge in [0.2, 0.25) is 5.82 Å². The van der Waals surface area contributed by atoms with Gasteiger partial charge in [0.05, 0.1) is 13.2 Å². The zero-order chi connectivity index (χ0) is 18.0. The third-order valence-electron chi connectivity index (χ3n) is 4.92. The molecule has 0 atom stereocenters. The summed E-state index contributed by atoms with van der Waals surface area (Å²) in [4.78, 5) is 2.01. The number of benzene rings is 2. The Morgan fingerprint density at radius 2 is 1.69 bits per heavy atom. The van der Waals surface area contributed by atoms with Crippen LogP contribution in [0.15, 0.2) is 42.5 Å². The number of piperidine rings is 1. The van der Waals surface area contributed by atoms with Crippen molar-refractivity contribution in [2.45, 2.75) is 25.2 Å². The van der Waals surface area contributed by atoms with E-state index in [1.807, 2.05) is 35.2 Å². The summed E-state index contributed by atoms with van der Waals surface area (Å²) in [5.74, 6) is -2.43. The van der Waals surface area contributed by atoms with E-state index in [-0.39, 0.29) is 12.4 Å². The zero-order valence-corrected chi connectivity index (χ0v) is 14.4. The lowest BCUT2D eigenvalue weighted by atomic mass is 10.0. The van der Waals surface area contributed by atoms with Gasteiger partial charge in [-0.25, -0.2) is 4.39 Å². The Balaban J connectivity index is 1.48. The minimum Gasteiger partial charge on any atom is -0.486 e. The molecule has 6 heteroatoms. The number of ether oxygens (including phenoxy) is 3. The van der Waals surface area contributed by atoms with Crippen molar-refractivity contribution < 1.29 is 23.0 Å². The van der Waals surface area contributed by atoms with Crippen molar-refractivity contribution in [3.8, 4) is 5.75 Å². The van der Waals surface area contributed by atoms with Gasteiger partial charge in [-0.05, 0) is 5.56 Å². The molecule has 2 aromatic carbocycles. The quantitative estimate of drug-likeness (QED) is 0.827. The second kappa shape index (κ2) is 7.21. The summed E-state index contributed by atoms with van der Waals surface area (Å²) in [7, 11) is 0. The molecule has 4 nitrogen and oxygen atoms in total. The molecule has 2 heterocycles. The van der Waals surface area contributed by atoms with Crippen LogP contribution in [-0.4, -0.2) is 32.1 Å². The molecule has 2 aliphatic heterocycles. The monoisotopic (exact) mass is 361 g/mol. The smallest absolute Gasteiger partial charge is 0.200 e. The summed E-state index contributed by atoms with van der Waals surface area (Å²) in [6, 6.07) is 12.2. The average Bonchev–Trinajstić information content (AvgIpc) is 3.12. The lowest BCUT2D eigenvalue weighted by molar-refractivity contribution is -0.169. The van der Waals surface area contributed by atoms with E-state index in [1.54, 1.807) is 6.07 Å². The van der Waals surface area contributed by atoms with Crippen LogP contribution >= 0.6 is 0 Å². The fraction of sp³-hybridized carbons (Fsp3) is 0.400. The maximum Gasteiger partial charge on any atom is 0.200 e. The molecule has 4 rings (SSSR count). The summed E-state index contributed by atoms with van der Waals surface area (Å²) in [5, 5.41) is 0. The first-order valence-corrected chi connectivity index (χ1v) is 8.84. The van der Waals surface area contributed by atoms with Gasteiger partial charge in [0.15, 0.2) is 17.4 Å². The van der Waals surface area contributed by atoms with Crippen LogP contribution in [0, 0.1) is 11.6 Å². The molecular weight excluding hydrogens is 340 g/mol. The lowest BCUT2D eigenvalue weighted by Gasteiger charge is -2.38. The van der Waals surface area contributed by atoms with Crippen molar-refractivity contribution in [1.82, 2.24) is 0 Å². The Kier molecular flexibility index (Phi) is 4.78. The van der Waals surface area contributed by atoms with Crippen LogP contribution in [0.1, 0.15) is 18.4 Å². The van der Waals surface area contributed by atoms with Gasteiger partial charge < -0.3 is 19.1 Å². The summed E-state index contributed by atoms with van der Waals surface area (Å²) in [6.45, 7) is 2.73. The molecule has 2 aliphatic rings. The fourth-order valence-electron chi connectivity index (χ4n) is 3.46. The summed E-state index contributed by atoms with van der Waals surface area (Å²) in [5.41, 5.74) is 1.51. The largest absolute Gasteiger partial charge is 0.486 e. The predicted octanol–water partition coefficient (Wildman–Crippen LogP) is 3.89. The summed E-state index contributed by atoms with van der Waals surface area (Å²) >= 11 is 0. The fourth-order valence-corrected chi connectivity index (χ4v) is 3.46. The normalized spacial score (nSPS) is 19.1. The van der Waals surface area contributed by atoms with E-state index in [1.165, 1.54) is 6.07 Å². The summed E-state index contributed by atoms with van der Waals surface area (Å²) in [6.07, 6.45) is 1.40. The van der Waals surface area contributed by atoms with E-state index in [9.17, 15) is 8.78 Å². The number of hydrogen-bond acceptors (Lipinski definition) is 4. The van der Waals surface area contributed by atoms with Crippen molar-refractivity contribution in [3.63, 3.8) is 0 Å². The number of halogens is 2. The predicted molar refractivity (Wildman–Crippen MR) is 93.2 cm³/mol. The van der Waals surface area contributed by atoms with Gasteiger partial charge in [-0.1, -0.05) is 30.3 Å². The molecule has 0 N–H and O–H groups in total. The van der Waals surface area contributed by atoms with E-state index in [4.69, 9.17) is 14.2 Å². The average molecular weight is 361 g/mol. The molecule has 0 aliphatic carbocycles. The minimum atomic E-state index is -0.958. The maximum absolute atomic E-state index is 14.1. The van der Waals surface area contributed by atoms with Crippen molar-refractivity contribution in [2.24, 2.45) is 0 Å². The van der Waals surface area contributed by atoms with Crippen LogP contribution in [0.5, 0.6) is 5.75 Å². The van der Waals surface area contributed by atoms with Crippen LogP contribution in [-0.2, 0) is 16.1 Å². The van der Waals surface area contributed by atoms with Crippen LogP contribution in [0.4, 0.5) is 14.5 Å². The Bertz CT molecular complexity index is 753. The molecule has 2 aromatic rings. The third-order valence-corrected chi connectivity index (χ3v) is 4.92. The van der Waals surface area contributed by atoms with Gasteiger partial charge in [0.25, 0.3) is 0 Å². The molecule has 2 fully saturated rings. The van der Waals surface area contributed by atoms with Crippen molar-refractivity contribution in [3.05, 3.63) is 59.7 Å². The van der Waals surface area contributed by atoms with Gasteiger partial charge in [-0.15, -0.1) is 0 Å². The molecule has 0 saturated carbocycles. The molecule has 2 saturated heterocycles. The van der Waals surface area contributed by atoms with Crippen molar-refractivity contribution in [1.29, 1.82) is 0 Å². The number of nitrogens with zero attached hydrogens (tertiary/aromatic N) is 1. The molecular formula is C20H21F2NO3. The Labute approximate surface area is 151 Å². The van der Waals surface area contributed by atoms with Crippen LogP contribution in [0.2, 0.25) is 0 Å². The minimum absolute atomic E-state index is 0.0718. The van der Waals surface area contributed by atoms with Gasteiger partial charge >= 0.3 is 0 Å². The zero-order valence-electron chi connectivity index (χ0n) is 14.4. The van der Waals surface area contributed by atoms with Gasteiger partial charge in [-0.2, -0.15) is 4.39 Å². The van der Waals surface area contributed by atoms with E-state index in [0.29, 0.717) is 44.8 Å². The van der Waals surface area contributed by atoms with E-state index in [2.05, 4.69) is 0 Å². The van der Waals surface area contributed by atoms with Gasteiger partial charge in [0, 0.05) is 43.8 Å². The highest BCUT2D eigenvalue weighted by Crippen LogP contribution is 2.35.